The Kier molecular flexibility index (Phi) is 5.40. The number of benzene rings is 1. The summed E-state index contributed by atoms with van der Waals surface area (Å²) < 4.78 is 5.77. The summed E-state index contributed by atoms with van der Waals surface area (Å²) in [6.45, 7) is 4.49. The molecule has 2 unspecified atom stereocenters. The zero-order valence-electron chi connectivity index (χ0n) is 11.9. The summed E-state index contributed by atoms with van der Waals surface area (Å²) in [4.78, 5) is 14.2. The van der Waals surface area contributed by atoms with E-state index in [0.717, 1.165) is 5.56 Å². The van der Waals surface area contributed by atoms with Crippen LogP contribution in [0.5, 0.6) is 0 Å². The van der Waals surface area contributed by atoms with Gasteiger partial charge >= 0.3 is 0 Å². The number of nitrogens with one attached hydrogen (secondary N) is 1. The summed E-state index contributed by atoms with van der Waals surface area (Å²) in [6.07, 6.45) is -0.0632. The molecule has 4 nitrogen and oxygen atoms in total. The largest absolute Gasteiger partial charge is 0.370 e. The van der Waals surface area contributed by atoms with Crippen LogP contribution in [0.1, 0.15) is 18.6 Å². The Hall–Kier alpha value is -1.10. The van der Waals surface area contributed by atoms with Gasteiger partial charge in [-0.25, -0.2) is 0 Å². The van der Waals surface area contributed by atoms with Crippen LogP contribution >= 0.6 is 11.6 Å². The maximum absolute atomic E-state index is 12.3. The molecule has 1 aromatic rings. The number of nitrogens with zero attached hydrogens (tertiary/aromatic N) is 1. The van der Waals surface area contributed by atoms with Crippen molar-refractivity contribution in [2.45, 2.75) is 13.0 Å². The fraction of sp³-hybridized carbons (Fsp3) is 0.533. The first-order valence-corrected chi connectivity index (χ1v) is 7.30. The van der Waals surface area contributed by atoms with Gasteiger partial charge in [-0.3, -0.25) is 4.79 Å². The molecule has 0 spiro atoms. The molecule has 1 saturated heterocycles. The molecule has 1 heterocycles. The summed E-state index contributed by atoms with van der Waals surface area (Å²) in [6, 6.07) is 7.62. The minimum Gasteiger partial charge on any atom is -0.370 e. The predicted molar refractivity (Wildman–Crippen MR) is 79.8 cm³/mol. The number of carbonyl (C=O) groups is 1. The molecule has 0 saturated carbocycles. The van der Waals surface area contributed by atoms with Gasteiger partial charge in [0.25, 0.3) is 0 Å². The summed E-state index contributed by atoms with van der Waals surface area (Å²) in [5, 5.41) is 3.75. The van der Waals surface area contributed by atoms with E-state index >= 15 is 0 Å². The first-order valence-electron chi connectivity index (χ1n) is 6.92. The molecule has 2 rings (SSSR count). The lowest BCUT2D eigenvalue weighted by atomic mass is 10.1. The minimum atomic E-state index is -0.0632. The number of amides is 1. The van der Waals surface area contributed by atoms with Crippen LogP contribution in [0.4, 0.5) is 0 Å². The van der Waals surface area contributed by atoms with Crippen LogP contribution in [0.2, 0.25) is 5.02 Å². The molecular weight excluding hydrogens is 276 g/mol. The van der Waals surface area contributed by atoms with Crippen molar-refractivity contribution >= 4 is 17.5 Å². The number of morpholine rings is 1. The van der Waals surface area contributed by atoms with Crippen LogP contribution in [-0.2, 0) is 9.53 Å². The molecule has 5 heteroatoms. The summed E-state index contributed by atoms with van der Waals surface area (Å²) in [5.41, 5.74) is 1.06. The topological polar surface area (TPSA) is 41.6 Å². The van der Waals surface area contributed by atoms with Gasteiger partial charge in [0.2, 0.25) is 5.91 Å². The van der Waals surface area contributed by atoms with Crippen molar-refractivity contribution in [3.05, 3.63) is 34.9 Å². The van der Waals surface area contributed by atoms with Crippen LogP contribution in [0, 0.1) is 5.92 Å². The fourth-order valence-corrected chi connectivity index (χ4v) is 2.56. The summed E-state index contributed by atoms with van der Waals surface area (Å²) in [7, 11) is 1.86. The highest BCUT2D eigenvalue weighted by atomic mass is 35.5. The Morgan fingerprint density at radius 3 is 2.85 bits per heavy atom. The number of hydrogen-bond acceptors (Lipinski definition) is 3. The standard InChI is InChI=1S/C15H21ClN2O2/c1-11(9-17-2)15(19)18-7-8-20-14(10-18)12-3-5-13(16)6-4-12/h3-6,11,14,17H,7-10H2,1-2H3. The van der Waals surface area contributed by atoms with Crippen molar-refractivity contribution in [1.82, 2.24) is 10.2 Å². The van der Waals surface area contributed by atoms with Gasteiger partial charge in [-0.1, -0.05) is 30.7 Å². The van der Waals surface area contributed by atoms with Crippen molar-refractivity contribution in [1.29, 1.82) is 0 Å². The third kappa shape index (κ3) is 3.72. The van der Waals surface area contributed by atoms with E-state index in [4.69, 9.17) is 16.3 Å². The number of hydrogen-bond donors (Lipinski definition) is 1. The Morgan fingerprint density at radius 2 is 2.20 bits per heavy atom. The molecule has 1 N–H and O–H groups in total. The Bertz CT molecular complexity index is 450. The van der Waals surface area contributed by atoms with Crippen molar-refractivity contribution < 1.29 is 9.53 Å². The monoisotopic (exact) mass is 296 g/mol. The zero-order valence-corrected chi connectivity index (χ0v) is 12.7. The molecule has 20 heavy (non-hydrogen) atoms. The highest BCUT2D eigenvalue weighted by Crippen LogP contribution is 2.24. The molecule has 1 fully saturated rings. The third-order valence-corrected chi connectivity index (χ3v) is 3.80. The third-order valence-electron chi connectivity index (χ3n) is 3.55. The van der Waals surface area contributed by atoms with Crippen molar-refractivity contribution in [3.8, 4) is 0 Å². The van der Waals surface area contributed by atoms with E-state index in [1.165, 1.54) is 0 Å². The van der Waals surface area contributed by atoms with Crippen LogP contribution in [0.15, 0.2) is 24.3 Å². The lowest BCUT2D eigenvalue weighted by Crippen LogP contribution is -2.46. The summed E-state index contributed by atoms with van der Waals surface area (Å²) >= 11 is 5.89. The second-order valence-electron chi connectivity index (χ2n) is 5.15. The SMILES string of the molecule is CNCC(C)C(=O)N1CCOC(c2ccc(Cl)cc2)C1. The lowest BCUT2D eigenvalue weighted by molar-refractivity contribution is -0.142. The van der Waals surface area contributed by atoms with Gasteiger partial charge in [-0.2, -0.15) is 0 Å². The molecule has 0 radical (unpaired) electrons. The lowest BCUT2D eigenvalue weighted by Gasteiger charge is -2.34. The molecule has 0 bridgehead atoms. The van der Waals surface area contributed by atoms with E-state index < -0.39 is 0 Å². The molecule has 110 valence electrons. The molecule has 2 atom stereocenters. The number of ether oxygens (including phenoxy) is 1. The molecular formula is C15H21ClN2O2. The molecule has 0 aliphatic carbocycles. The van der Waals surface area contributed by atoms with Crippen molar-refractivity contribution in [3.63, 3.8) is 0 Å². The van der Waals surface area contributed by atoms with Gasteiger partial charge in [-0.05, 0) is 24.7 Å². The molecule has 1 aliphatic heterocycles. The number of carbonyl (C=O) groups excluding carboxylic acids is 1. The maximum atomic E-state index is 12.3. The van der Waals surface area contributed by atoms with Crippen molar-refractivity contribution in [2.75, 3.05) is 33.3 Å². The van der Waals surface area contributed by atoms with E-state index in [1.807, 2.05) is 43.1 Å². The van der Waals surface area contributed by atoms with Gasteiger partial charge < -0.3 is 15.0 Å². The van der Waals surface area contributed by atoms with E-state index in [0.29, 0.717) is 31.3 Å². The van der Waals surface area contributed by atoms with Crippen LogP contribution < -0.4 is 5.32 Å². The molecule has 1 aromatic carbocycles. The zero-order chi connectivity index (χ0) is 14.5. The van der Waals surface area contributed by atoms with E-state index in [2.05, 4.69) is 5.32 Å². The average molecular weight is 297 g/mol. The van der Waals surface area contributed by atoms with Crippen LogP contribution in [-0.4, -0.2) is 44.1 Å². The Labute approximate surface area is 125 Å². The number of halogens is 1. The van der Waals surface area contributed by atoms with Gasteiger partial charge in [0, 0.05) is 24.0 Å². The molecule has 1 amide bonds. The van der Waals surface area contributed by atoms with Crippen LogP contribution in [0.25, 0.3) is 0 Å². The Balaban J connectivity index is 2.01. The van der Waals surface area contributed by atoms with Gasteiger partial charge in [0.15, 0.2) is 0 Å². The quantitative estimate of drug-likeness (QED) is 0.925. The normalized spacial score (nSPS) is 20.8. The second-order valence-corrected chi connectivity index (χ2v) is 5.59. The first-order chi connectivity index (χ1) is 9.61. The van der Waals surface area contributed by atoms with E-state index in [1.54, 1.807) is 0 Å². The fourth-order valence-electron chi connectivity index (χ4n) is 2.43. The number of rotatable bonds is 4. The van der Waals surface area contributed by atoms with E-state index in [-0.39, 0.29) is 17.9 Å². The highest BCUT2D eigenvalue weighted by molar-refractivity contribution is 6.30. The van der Waals surface area contributed by atoms with Gasteiger partial charge in [0.05, 0.1) is 13.2 Å². The van der Waals surface area contributed by atoms with Gasteiger partial charge in [0.1, 0.15) is 6.10 Å². The van der Waals surface area contributed by atoms with Crippen LogP contribution in [0.3, 0.4) is 0 Å². The Morgan fingerprint density at radius 1 is 1.50 bits per heavy atom. The average Bonchev–Trinajstić information content (AvgIpc) is 2.47. The smallest absolute Gasteiger partial charge is 0.226 e. The maximum Gasteiger partial charge on any atom is 0.226 e. The molecule has 0 aromatic heterocycles. The minimum absolute atomic E-state index is 0.0102. The summed E-state index contributed by atoms with van der Waals surface area (Å²) in [5.74, 6) is 0.172. The van der Waals surface area contributed by atoms with Gasteiger partial charge in [-0.15, -0.1) is 0 Å². The predicted octanol–water partition coefficient (Wildman–Crippen LogP) is 2.10. The van der Waals surface area contributed by atoms with E-state index in [9.17, 15) is 4.79 Å². The highest BCUT2D eigenvalue weighted by Gasteiger charge is 2.27. The second kappa shape index (κ2) is 7.07. The first kappa shape index (κ1) is 15.3. The van der Waals surface area contributed by atoms with Crippen molar-refractivity contribution in [2.24, 2.45) is 5.92 Å². The molecule has 1 aliphatic rings.